The molecule has 1 saturated heterocycles. The number of carbonyl (C=O) groups is 2. The van der Waals surface area contributed by atoms with Gasteiger partial charge in [0.05, 0.1) is 12.5 Å². The fourth-order valence-electron chi connectivity index (χ4n) is 2.49. The summed E-state index contributed by atoms with van der Waals surface area (Å²) < 4.78 is 48.8. The highest BCUT2D eigenvalue weighted by molar-refractivity contribution is 7.87. The maximum atomic E-state index is 13.9. The SMILES string of the molecule is O=C(O)CC(c1ccccc1F)N1CC(S(=O)(=O)F)CC1=O. The van der Waals surface area contributed by atoms with Crippen LogP contribution in [0.5, 0.6) is 0 Å². The Kier molecular flexibility index (Phi) is 4.45. The first-order valence-electron chi connectivity index (χ1n) is 6.39. The van der Waals surface area contributed by atoms with Gasteiger partial charge in [-0.25, -0.2) is 4.39 Å². The van der Waals surface area contributed by atoms with Crippen LogP contribution in [0.1, 0.15) is 24.4 Å². The number of halogens is 2. The average molecular weight is 333 g/mol. The number of carboxylic acid groups (broad SMARTS) is 1. The highest BCUT2D eigenvalue weighted by Crippen LogP contribution is 2.32. The quantitative estimate of drug-likeness (QED) is 0.819. The van der Waals surface area contributed by atoms with Crippen LogP contribution in [-0.4, -0.2) is 42.1 Å². The van der Waals surface area contributed by atoms with Crippen LogP contribution in [0.15, 0.2) is 24.3 Å². The van der Waals surface area contributed by atoms with Crippen LogP contribution in [0.2, 0.25) is 0 Å². The Morgan fingerprint density at radius 2 is 2.05 bits per heavy atom. The monoisotopic (exact) mass is 333 g/mol. The van der Waals surface area contributed by atoms with Gasteiger partial charge in [-0.3, -0.25) is 9.59 Å². The summed E-state index contributed by atoms with van der Waals surface area (Å²) in [5, 5.41) is 7.40. The zero-order valence-corrected chi connectivity index (χ0v) is 12.1. The van der Waals surface area contributed by atoms with Crippen LogP contribution in [0.25, 0.3) is 0 Å². The molecule has 2 rings (SSSR count). The Morgan fingerprint density at radius 3 is 2.55 bits per heavy atom. The van der Waals surface area contributed by atoms with E-state index in [0.717, 1.165) is 11.0 Å². The second-order valence-corrected chi connectivity index (χ2v) is 6.60. The topological polar surface area (TPSA) is 91.8 Å². The summed E-state index contributed by atoms with van der Waals surface area (Å²) in [5.74, 6) is -2.72. The van der Waals surface area contributed by atoms with Gasteiger partial charge in [-0.2, -0.15) is 8.42 Å². The maximum Gasteiger partial charge on any atom is 0.307 e. The molecule has 1 aromatic carbocycles. The lowest BCUT2D eigenvalue weighted by Gasteiger charge is -2.27. The molecule has 1 aliphatic rings. The van der Waals surface area contributed by atoms with Crippen LogP contribution in [-0.2, 0) is 19.8 Å². The van der Waals surface area contributed by atoms with Gasteiger partial charge in [0, 0.05) is 18.5 Å². The van der Waals surface area contributed by atoms with Crippen molar-refractivity contribution in [3.63, 3.8) is 0 Å². The van der Waals surface area contributed by atoms with Crippen LogP contribution in [0.4, 0.5) is 8.28 Å². The number of nitrogens with zero attached hydrogens (tertiary/aromatic N) is 1. The third-order valence-electron chi connectivity index (χ3n) is 3.53. The zero-order valence-electron chi connectivity index (χ0n) is 11.3. The van der Waals surface area contributed by atoms with Crippen molar-refractivity contribution in [2.75, 3.05) is 6.54 Å². The van der Waals surface area contributed by atoms with E-state index in [9.17, 15) is 26.3 Å². The molecule has 22 heavy (non-hydrogen) atoms. The van der Waals surface area contributed by atoms with E-state index in [1.54, 1.807) is 0 Å². The third kappa shape index (κ3) is 3.41. The van der Waals surface area contributed by atoms with Crippen LogP contribution < -0.4 is 0 Å². The van der Waals surface area contributed by atoms with Gasteiger partial charge in [0.2, 0.25) is 5.91 Å². The highest BCUT2D eigenvalue weighted by Gasteiger charge is 2.42. The minimum Gasteiger partial charge on any atom is -0.481 e. The summed E-state index contributed by atoms with van der Waals surface area (Å²) in [5.41, 5.74) is -0.0462. The molecule has 0 bridgehead atoms. The molecular weight excluding hydrogens is 320 g/mol. The molecule has 2 atom stereocenters. The first-order chi connectivity index (χ1) is 10.2. The van der Waals surface area contributed by atoms with Gasteiger partial charge in [0.15, 0.2) is 0 Å². The molecule has 2 unspecified atom stereocenters. The molecule has 0 radical (unpaired) electrons. The standard InChI is InChI=1S/C13H13F2NO5S/c14-10-4-2-1-3-9(10)11(6-13(18)19)16-7-8(5-12(16)17)22(15,20)21/h1-4,8,11H,5-7H2,(H,18,19). The number of hydrogen-bond acceptors (Lipinski definition) is 4. The van der Waals surface area contributed by atoms with Gasteiger partial charge in [-0.05, 0) is 6.07 Å². The van der Waals surface area contributed by atoms with Gasteiger partial charge in [0.1, 0.15) is 11.1 Å². The van der Waals surface area contributed by atoms with E-state index in [-0.39, 0.29) is 5.56 Å². The molecule has 1 aromatic rings. The molecule has 1 fully saturated rings. The zero-order chi connectivity index (χ0) is 16.5. The van der Waals surface area contributed by atoms with Crippen molar-refractivity contribution in [1.29, 1.82) is 0 Å². The summed E-state index contributed by atoms with van der Waals surface area (Å²) in [6, 6.07) is 4.11. The van der Waals surface area contributed by atoms with Crippen molar-refractivity contribution in [3.05, 3.63) is 35.6 Å². The number of aliphatic carboxylic acids is 1. The predicted molar refractivity (Wildman–Crippen MR) is 71.5 cm³/mol. The number of likely N-dealkylation sites (tertiary alicyclic amines) is 1. The minimum absolute atomic E-state index is 0.0462. The molecule has 120 valence electrons. The average Bonchev–Trinajstić information content (AvgIpc) is 2.79. The Bertz CT molecular complexity index is 706. The van der Waals surface area contributed by atoms with Crippen molar-refractivity contribution >= 4 is 22.1 Å². The fourth-order valence-corrected chi connectivity index (χ4v) is 3.17. The number of carboxylic acids is 1. The van der Waals surface area contributed by atoms with E-state index in [1.807, 2.05) is 0 Å². The van der Waals surface area contributed by atoms with E-state index >= 15 is 0 Å². The van der Waals surface area contributed by atoms with Crippen molar-refractivity contribution in [3.8, 4) is 0 Å². The fraction of sp³-hybridized carbons (Fsp3) is 0.385. The van der Waals surface area contributed by atoms with E-state index in [0.29, 0.717) is 0 Å². The smallest absolute Gasteiger partial charge is 0.307 e. The summed E-state index contributed by atoms with van der Waals surface area (Å²) in [4.78, 5) is 23.8. The Hall–Kier alpha value is -2.03. The molecule has 6 nitrogen and oxygen atoms in total. The van der Waals surface area contributed by atoms with Crippen LogP contribution >= 0.6 is 0 Å². The maximum absolute atomic E-state index is 13.9. The van der Waals surface area contributed by atoms with Crippen LogP contribution in [0, 0.1) is 5.82 Å². The summed E-state index contributed by atoms with van der Waals surface area (Å²) in [6.45, 7) is -0.496. The van der Waals surface area contributed by atoms with Gasteiger partial charge in [-0.15, -0.1) is 3.89 Å². The van der Waals surface area contributed by atoms with Crippen molar-refractivity contribution < 1.29 is 31.4 Å². The van der Waals surface area contributed by atoms with Gasteiger partial charge >= 0.3 is 16.2 Å². The molecule has 1 heterocycles. The summed E-state index contributed by atoms with van der Waals surface area (Å²) >= 11 is 0. The normalized spacial score (nSPS) is 20.2. The molecule has 0 aliphatic carbocycles. The molecule has 1 amide bonds. The molecule has 0 aromatic heterocycles. The highest BCUT2D eigenvalue weighted by atomic mass is 32.3. The van der Waals surface area contributed by atoms with Crippen LogP contribution in [0.3, 0.4) is 0 Å². The predicted octanol–water partition coefficient (Wildman–Crippen LogP) is 1.24. The molecule has 0 spiro atoms. The van der Waals surface area contributed by atoms with E-state index < -0.39 is 58.6 Å². The number of hydrogen-bond donors (Lipinski definition) is 1. The number of benzene rings is 1. The van der Waals surface area contributed by atoms with E-state index in [1.165, 1.54) is 18.2 Å². The summed E-state index contributed by atoms with van der Waals surface area (Å²) in [7, 11) is -4.93. The Morgan fingerprint density at radius 1 is 1.41 bits per heavy atom. The van der Waals surface area contributed by atoms with Crippen molar-refractivity contribution in [2.45, 2.75) is 24.1 Å². The van der Waals surface area contributed by atoms with Gasteiger partial charge < -0.3 is 10.0 Å². The van der Waals surface area contributed by atoms with Crippen molar-refractivity contribution in [1.82, 2.24) is 4.90 Å². The number of amides is 1. The Balaban J connectivity index is 2.37. The van der Waals surface area contributed by atoms with Gasteiger partial charge in [-0.1, -0.05) is 18.2 Å². The summed E-state index contributed by atoms with van der Waals surface area (Å²) in [6.07, 6.45) is -1.19. The minimum atomic E-state index is -4.93. The molecule has 9 heteroatoms. The molecule has 1 N–H and O–H groups in total. The lowest BCUT2D eigenvalue weighted by molar-refractivity contribution is -0.139. The molecule has 1 aliphatic heterocycles. The first-order valence-corrected chi connectivity index (χ1v) is 7.84. The second kappa shape index (κ2) is 5.99. The Labute approximate surface area is 125 Å². The van der Waals surface area contributed by atoms with E-state index in [4.69, 9.17) is 5.11 Å². The lowest BCUT2D eigenvalue weighted by atomic mass is 10.0. The van der Waals surface area contributed by atoms with E-state index in [2.05, 4.69) is 0 Å². The number of carbonyl (C=O) groups excluding carboxylic acids is 1. The lowest BCUT2D eigenvalue weighted by Crippen LogP contribution is -2.33. The number of rotatable bonds is 5. The second-order valence-electron chi connectivity index (χ2n) is 4.98. The molecule has 0 saturated carbocycles. The van der Waals surface area contributed by atoms with Gasteiger partial charge in [0.25, 0.3) is 0 Å². The molecular formula is C13H13F2NO5S. The first kappa shape index (κ1) is 16.3. The van der Waals surface area contributed by atoms with Crippen molar-refractivity contribution in [2.24, 2.45) is 0 Å². The largest absolute Gasteiger partial charge is 0.481 e. The third-order valence-corrected chi connectivity index (χ3v) is 4.64.